The number of aryl methyl sites for hydroxylation is 2. The van der Waals surface area contributed by atoms with E-state index in [0.717, 1.165) is 16.9 Å². The number of aromatic nitrogens is 5. The van der Waals surface area contributed by atoms with Crippen LogP contribution >= 0.6 is 0 Å². The Morgan fingerprint density at radius 3 is 2.67 bits per heavy atom. The molecular weight excluding hydrogens is 416 g/mol. The summed E-state index contributed by atoms with van der Waals surface area (Å²) < 4.78 is 7.64. The van der Waals surface area contributed by atoms with Crippen LogP contribution < -0.4 is 0 Å². The summed E-state index contributed by atoms with van der Waals surface area (Å²) in [5, 5.41) is 12.9. The number of carbonyl (C=O) groups excluding carboxylic acids is 1. The lowest BCUT2D eigenvalue weighted by Crippen LogP contribution is -2.50. The molecule has 0 N–H and O–H groups in total. The topological polar surface area (TPSA) is 78.1 Å². The molecule has 33 heavy (non-hydrogen) atoms. The third-order valence-corrected chi connectivity index (χ3v) is 6.13. The number of ether oxygens (including phenoxy) is 1. The average Bonchev–Trinajstić information content (AvgIpc) is 3.55. The van der Waals surface area contributed by atoms with Crippen molar-refractivity contribution in [2.45, 2.75) is 26.3 Å². The van der Waals surface area contributed by atoms with E-state index in [-0.39, 0.29) is 11.9 Å². The summed E-state index contributed by atoms with van der Waals surface area (Å²) in [5.74, 6) is -0.0276. The second-order valence-electron chi connectivity index (χ2n) is 8.28. The van der Waals surface area contributed by atoms with Crippen LogP contribution in [0, 0.1) is 13.8 Å². The van der Waals surface area contributed by atoms with Crippen LogP contribution in [0.5, 0.6) is 0 Å². The van der Waals surface area contributed by atoms with Gasteiger partial charge in [-0.1, -0.05) is 18.2 Å². The largest absolute Gasteiger partial charge is 0.377 e. The Hall–Kier alpha value is -3.78. The number of para-hydroxylation sites is 1. The maximum atomic E-state index is 13.8. The zero-order valence-electron chi connectivity index (χ0n) is 18.8. The molecule has 1 atom stereocenters. The minimum absolute atomic E-state index is 0.0276. The Bertz CT molecular complexity index is 1250. The van der Waals surface area contributed by atoms with Gasteiger partial charge >= 0.3 is 0 Å². The van der Waals surface area contributed by atoms with Crippen LogP contribution in [-0.2, 0) is 11.2 Å². The minimum atomic E-state index is -0.0724. The number of carbonyl (C=O) groups is 1. The van der Waals surface area contributed by atoms with E-state index in [1.54, 1.807) is 18.6 Å². The van der Waals surface area contributed by atoms with Crippen molar-refractivity contribution < 1.29 is 9.53 Å². The predicted octanol–water partition coefficient (Wildman–Crippen LogP) is 3.15. The lowest BCUT2D eigenvalue weighted by atomic mass is 9.98. The molecule has 0 bridgehead atoms. The fourth-order valence-corrected chi connectivity index (χ4v) is 4.37. The number of morpholine rings is 1. The Morgan fingerprint density at radius 2 is 1.88 bits per heavy atom. The average molecular weight is 443 g/mol. The van der Waals surface area contributed by atoms with Crippen molar-refractivity contribution in [2.24, 2.45) is 0 Å². The van der Waals surface area contributed by atoms with Crippen LogP contribution in [0.3, 0.4) is 0 Å². The second-order valence-corrected chi connectivity index (χ2v) is 8.28. The molecule has 1 amide bonds. The third-order valence-electron chi connectivity index (χ3n) is 6.13. The van der Waals surface area contributed by atoms with E-state index in [4.69, 9.17) is 4.74 Å². The Balaban J connectivity index is 1.46. The molecule has 0 spiro atoms. The van der Waals surface area contributed by atoms with Gasteiger partial charge in [-0.2, -0.15) is 20.1 Å². The molecule has 1 fully saturated rings. The van der Waals surface area contributed by atoms with E-state index in [1.807, 2.05) is 47.0 Å². The highest BCUT2D eigenvalue weighted by Crippen LogP contribution is 2.24. The van der Waals surface area contributed by atoms with Crippen molar-refractivity contribution in [3.05, 3.63) is 89.5 Å². The van der Waals surface area contributed by atoms with E-state index in [1.165, 1.54) is 15.9 Å². The van der Waals surface area contributed by atoms with Gasteiger partial charge in [-0.05, 0) is 61.2 Å². The number of benzene rings is 2. The lowest BCUT2D eigenvalue weighted by Gasteiger charge is -2.36. The summed E-state index contributed by atoms with van der Waals surface area (Å²) in [6.45, 7) is 5.63. The first-order chi connectivity index (χ1) is 16.1. The van der Waals surface area contributed by atoms with Gasteiger partial charge in [-0.25, -0.2) is 4.68 Å². The van der Waals surface area contributed by atoms with Crippen molar-refractivity contribution in [1.82, 2.24) is 29.7 Å². The summed E-state index contributed by atoms with van der Waals surface area (Å²) in [4.78, 5) is 17.3. The van der Waals surface area contributed by atoms with Crippen molar-refractivity contribution in [3.8, 4) is 11.4 Å². The molecule has 0 saturated carbocycles. The number of rotatable bonds is 5. The van der Waals surface area contributed by atoms with Crippen LogP contribution in [-0.4, -0.2) is 61.4 Å². The van der Waals surface area contributed by atoms with Gasteiger partial charge in [-0.3, -0.25) is 4.79 Å². The van der Waals surface area contributed by atoms with E-state index in [0.29, 0.717) is 31.7 Å². The summed E-state index contributed by atoms with van der Waals surface area (Å²) in [5.41, 5.74) is 5.62. The van der Waals surface area contributed by atoms with E-state index >= 15 is 0 Å². The van der Waals surface area contributed by atoms with Crippen molar-refractivity contribution in [3.63, 3.8) is 0 Å². The first kappa shape index (κ1) is 21.1. The van der Waals surface area contributed by atoms with E-state index in [2.05, 4.69) is 40.4 Å². The summed E-state index contributed by atoms with van der Waals surface area (Å²) in [6, 6.07) is 13.9. The van der Waals surface area contributed by atoms with Gasteiger partial charge in [0.05, 0.1) is 42.9 Å². The summed E-state index contributed by atoms with van der Waals surface area (Å²) >= 11 is 0. The Labute approximate surface area is 192 Å². The standard InChI is InChI=1S/C25H26N6O2/c1-18-7-8-21(30-12-4-9-26-30)15-20(18)16-22-17-33-14-13-29(22)25(32)23-6-3-5-19(2)24(23)31-27-10-11-28-31/h3-12,15,22H,13-14,16-17H2,1-2H3. The molecule has 168 valence electrons. The van der Waals surface area contributed by atoms with Gasteiger partial charge in [0.15, 0.2) is 0 Å². The van der Waals surface area contributed by atoms with Gasteiger partial charge in [0.2, 0.25) is 0 Å². The number of nitrogens with zero attached hydrogens (tertiary/aromatic N) is 6. The Kier molecular flexibility index (Phi) is 5.75. The zero-order valence-corrected chi connectivity index (χ0v) is 18.8. The number of hydrogen-bond donors (Lipinski definition) is 0. The number of hydrogen-bond acceptors (Lipinski definition) is 5. The predicted molar refractivity (Wildman–Crippen MR) is 124 cm³/mol. The highest BCUT2D eigenvalue weighted by Gasteiger charge is 2.31. The normalized spacial score (nSPS) is 16.2. The van der Waals surface area contributed by atoms with Gasteiger partial charge in [0.25, 0.3) is 5.91 Å². The van der Waals surface area contributed by atoms with Crippen molar-refractivity contribution >= 4 is 5.91 Å². The maximum absolute atomic E-state index is 13.8. The van der Waals surface area contributed by atoms with Gasteiger partial charge in [-0.15, -0.1) is 0 Å². The molecular formula is C25H26N6O2. The monoisotopic (exact) mass is 442 g/mol. The molecule has 8 heteroatoms. The molecule has 2 aromatic carbocycles. The SMILES string of the molecule is Cc1ccc(-n2cccn2)cc1CC1COCCN1C(=O)c1cccc(C)c1-n1nccn1. The Morgan fingerprint density at radius 1 is 1.03 bits per heavy atom. The summed E-state index contributed by atoms with van der Waals surface area (Å²) in [7, 11) is 0. The third kappa shape index (κ3) is 4.17. The number of amides is 1. The van der Waals surface area contributed by atoms with Crippen LogP contribution in [0.15, 0.2) is 67.3 Å². The van der Waals surface area contributed by atoms with Gasteiger partial charge in [0, 0.05) is 18.9 Å². The fourth-order valence-electron chi connectivity index (χ4n) is 4.37. The summed E-state index contributed by atoms with van der Waals surface area (Å²) in [6.07, 6.45) is 7.63. The molecule has 2 aromatic heterocycles. The molecule has 8 nitrogen and oxygen atoms in total. The smallest absolute Gasteiger partial charge is 0.256 e. The van der Waals surface area contributed by atoms with Crippen LogP contribution in [0.4, 0.5) is 0 Å². The van der Waals surface area contributed by atoms with Gasteiger partial charge < -0.3 is 9.64 Å². The van der Waals surface area contributed by atoms with Crippen molar-refractivity contribution in [2.75, 3.05) is 19.8 Å². The quantitative estimate of drug-likeness (QED) is 0.475. The van der Waals surface area contributed by atoms with Crippen molar-refractivity contribution in [1.29, 1.82) is 0 Å². The highest BCUT2D eigenvalue weighted by molar-refractivity contribution is 5.98. The lowest BCUT2D eigenvalue weighted by molar-refractivity contribution is -0.00169. The fraction of sp³-hybridized carbons (Fsp3) is 0.280. The molecule has 0 radical (unpaired) electrons. The molecule has 5 rings (SSSR count). The van der Waals surface area contributed by atoms with Crippen LogP contribution in [0.2, 0.25) is 0 Å². The molecule has 4 aromatic rings. The second kappa shape index (κ2) is 8.99. The molecule has 1 saturated heterocycles. The molecule has 1 aliphatic heterocycles. The highest BCUT2D eigenvalue weighted by atomic mass is 16.5. The van der Waals surface area contributed by atoms with Gasteiger partial charge in [0.1, 0.15) is 5.69 Å². The minimum Gasteiger partial charge on any atom is -0.377 e. The first-order valence-electron chi connectivity index (χ1n) is 11.1. The molecule has 0 aliphatic carbocycles. The maximum Gasteiger partial charge on any atom is 0.256 e. The van der Waals surface area contributed by atoms with E-state index in [9.17, 15) is 4.79 Å². The zero-order chi connectivity index (χ0) is 22.8. The van der Waals surface area contributed by atoms with E-state index < -0.39 is 0 Å². The molecule has 3 heterocycles. The molecule has 1 unspecified atom stereocenters. The first-order valence-corrected chi connectivity index (χ1v) is 11.1. The molecule has 1 aliphatic rings. The van der Waals surface area contributed by atoms with Crippen LogP contribution in [0.1, 0.15) is 27.0 Å². The van der Waals surface area contributed by atoms with Crippen LogP contribution in [0.25, 0.3) is 11.4 Å².